The molecule has 3 aromatic rings. The fraction of sp³-hybridized carbons (Fsp3) is 0.185. The third kappa shape index (κ3) is 6.10. The maximum atomic E-state index is 13.3. The molecule has 0 unspecified atom stereocenters. The number of halogens is 1. The summed E-state index contributed by atoms with van der Waals surface area (Å²) in [5.41, 5.74) is 2.84. The zero-order chi connectivity index (χ0) is 23.9. The molecule has 0 saturated heterocycles. The zero-order valence-corrected chi connectivity index (χ0v) is 21.3. The Morgan fingerprint density at radius 2 is 1.82 bits per heavy atom. The van der Waals surface area contributed by atoms with Gasteiger partial charge in [-0.05, 0) is 54.5 Å². The molecule has 4 rings (SSSR count). The summed E-state index contributed by atoms with van der Waals surface area (Å²) in [7, 11) is 2.04. The summed E-state index contributed by atoms with van der Waals surface area (Å²) in [6.45, 7) is 1.36. The molecule has 0 fully saturated rings. The lowest BCUT2D eigenvalue weighted by molar-refractivity contribution is -0.122. The maximum absolute atomic E-state index is 13.3. The number of para-hydroxylation sites is 2. The van der Waals surface area contributed by atoms with Crippen LogP contribution in [0.5, 0.6) is 0 Å². The normalized spacial score (nSPS) is 14.1. The highest BCUT2D eigenvalue weighted by Crippen LogP contribution is 2.42. The number of nitrogens with zero attached hydrogens (tertiary/aromatic N) is 2. The topological polar surface area (TPSA) is 52.7 Å². The van der Waals surface area contributed by atoms with Crippen LogP contribution in [0.2, 0.25) is 0 Å². The summed E-state index contributed by atoms with van der Waals surface area (Å²) in [6.07, 6.45) is 2.68. The minimum absolute atomic E-state index is 0.0131. The first kappa shape index (κ1) is 24.1. The zero-order valence-electron chi connectivity index (χ0n) is 18.9. The average molecular weight is 536 g/mol. The summed E-state index contributed by atoms with van der Waals surface area (Å²) in [5, 5.41) is 2.97. The van der Waals surface area contributed by atoms with Gasteiger partial charge in [-0.15, -0.1) is 0 Å². The Hall–Kier alpha value is -3.03. The molecule has 0 saturated carbocycles. The lowest BCUT2D eigenvalue weighted by Crippen LogP contribution is -2.43. The van der Waals surface area contributed by atoms with Crippen molar-refractivity contribution in [2.24, 2.45) is 0 Å². The molecule has 0 radical (unpaired) electrons. The predicted octanol–water partition coefficient (Wildman–Crippen LogP) is 5.57. The Bertz CT molecular complexity index is 1200. The first-order chi connectivity index (χ1) is 16.5. The van der Waals surface area contributed by atoms with Crippen LogP contribution < -0.4 is 15.1 Å². The molecule has 5 nitrogen and oxygen atoms in total. The fourth-order valence-corrected chi connectivity index (χ4v) is 5.20. The van der Waals surface area contributed by atoms with Gasteiger partial charge in [0.15, 0.2) is 0 Å². The van der Waals surface area contributed by atoms with E-state index in [1.54, 1.807) is 4.90 Å². The minimum atomic E-state index is -0.167. The Morgan fingerprint density at radius 3 is 2.62 bits per heavy atom. The molecule has 0 atom stereocenters. The van der Waals surface area contributed by atoms with Crippen molar-refractivity contribution in [1.29, 1.82) is 0 Å². The quantitative estimate of drug-likeness (QED) is 0.302. The Labute approximate surface area is 213 Å². The van der Waals surface area contributed by atoms with Crippen LogP contribution in [0, 0.1) is 0 Å². The first-order valence-electron chi connectivity index (χ1n) is 11.1. The summed E-state index contributed by atoms with van der Waals surface area (Å²) >= 11 is 4.91. The van der Waals surface area contributed by atoms with E-state index in [2.05, 4.69) is 38.3 Å². The Balaban J connectivity index is 1.39. The molecule has 1 aliphatic rings. The highest BCUT2D eigenvalue weighted by molar-refractivity contribution is 9.10. The van der Waals surface area contributed by atoms with Gasteiger partial charge in [0.1, 0.15) is 6.54 Å². The van der Waals surface area contributed by atoms with Crippen molar-refractivity contribution in [2.45, 2.75) is 11.3 Å². The number of benzene rings is 3. The number of hydrogen-bond donors (Lipinski definition) is 1. The van der Waals surface area contributed by atoms with Crippen LogP contribution in [-0.4, -0.2) is 38.5 Å². The van der Waals surface area contributed by atoms with Gasteiger partial charge in [0.2, 0.25) is 5.91 Å². The molecule has 174 valence electrons. The van der Waals surface area contributed by atoms with Gasteiger partial charge in [-0.3, -0.25) is 14.5 Å². The number of fused-ring (bicyclic) bond motifs is 1. The third-order valence-corrected chi connectivity index (χ3v) is 7.04. The van der Waals surface area contributed by atoms with Gasteiger partial charge in [-0.25, -0.2) is 0 Å². The van der Waals surface area contributed by atoms with E-state index in [4.69, 9.17) is 0 Å². The highest BCUT2D eigenvalue weighted by atomic mass is 79.9. The molecule has 0 bridgehead atoms. The van der Waals surface area contributed by atoms with Gasteiger partial charge < -0.3 is 10.2 Å². The molecule has 34 heavy (non-hydrogen) atoms. The van der Waals surface area contributed by atoms with Crippen molar-refractivity contribution in [3.63, 3.8) is 0 Å². The molecule has 0 aliphatic carbocycles. The number of thioether (sulfide) groups is 1. The fourth-order valence-electron chi connectivity index (χ4n) is 3.72. The van der Waals surface area contributed by atoms with Gasteiger partial charge in [-0.2, -0.15) is 0 Å². The number of carbonyl (C=O) groups excluding carboxylic acids is 2. The number of nitrogens with one attached hydrogen (secondary N) is 1. The smallest absolute Gasteiger partial charge is 0.265 e. The van der Waals surface area contributed by atoms with Crippen molar-refractivity contribution in [1.82, 2.24) is 5.32 Å². The largest absolute Gasteiger partial charge is 0.375 e. The van der Waals surface area contributed by atoms with Crippen LogP contribution in [0.15, 0.2) is 93.1 Å². The van der Waals surface area contributed by atoms with Crippen LogP contribution in [0.1, 0.15) is 12.0 Å². The molecule has 1 N–H and O–H groups in total. The minimum Gasteiger partial charge on any atom is -0.375 e. The maximum Gasteiger partial charge on any atom is 0.265 e. The van der Waals surface area contributed by atoms with E-state index in [0.717, 1.165) is 39.3 Å². The third-order valence-electron chi connectivity index (χ3n) is 5.47. The van der Waals surface area contributed by atoms with Crippen molar-refractivity contribution in [3.8, 4) is 0 Å². The second-order valence-electron chi connectivity index (χ2n) is 7.99. The van der Waals surface area contributed by atoms with Gasteiger partial charge in [-0.1, -0.05) is 70.2 Å². The number of amides is 2. The molecule has 7 heteroatoms. The van der Waals surface area contributed by atoms with E-state index in [1.807, 2.05) is 79.9 Å². The predicted molar refractivity (Wildman–Crippen MR) is 144 cm³/mol. The van der Waals surface area contributed by atoms with Crippen LogP contribution in [0.4, 0.5) is 11.4 Å². The van der Waals surface area contributed by atoms with Crippen LogP contribution in [0.25, 0.3) is 6.08 Å². The van der Waals surface area contributed by atoms with E-state index in [0.29, 0.717) is 11.4 Å². The van der Waals surface area contributed by atoms with E-state index >= 15 is 0 Å². The van der Waals surface area contributed by atoms with E-state index in [9.17, 15) is 9.59 Å². The van der Waals surface area contributed by atoms with Gasteiger partial charge in [0, 0.05) is 35.2 Å². The first-order valence-corrected chi connectivity index (χ1v) is 12.7. The average Bonchev–Trinajstić information content (AvgIpc) is 2.85. The van der Waals surface area contributed by atoms with Crippen LogP contribution >= 0.6 is 27.7 Å². The summed E-state index contributed by atoms with van der Waals surface area (Å²) in [4.78, 5) is 31.3. The van der Waals surface area contributed by atoms with Crippen LogP contribution in [0.3, 0.4) is 0 Å². The number of hydrogen-bond acceptors (Lipinski definition) is 4. The molecule has 3 aromatic carbocycles. The van der Waals surface area contributed by atoms with E-state index in [-0.39, 0.29) is 18.4 Å². The van der Waals surface area contributed by atoms with Gasteiger partial charge >= 0.3 is 0 Å². The van der Waals surface area contributed by atoms with Crippen molar-refractivity contribution in [2.75, 3.05) is 36.5 Å². The monoisotopic (exact) mass is 535 g/mol. The van der Waals surface area contributed by atoms with Gasteiger partial charge in [0.05, 0.1) is 10.6 Å². The number of carbonyl (C=O) groups is 2. The molecular weight excluding hydrogens is 510 g/mol. The molecular formula is C27H26BrN3O2S. The lowest BCUT2D eigenvalue weighted by Gasteiger charge is -2.30. The molecule has 1 aliphatic heterocycles. The summed E-state index contributed by atoms with van der Waals surface area (Å²) in [6, 6.07) is 25.6. The SMILES string of the molecule is CN(CCCNC(=O)CN1C(=O)/C(=C\c2cccc(Br)c2)Sc2ccccc21)c1ccccc1. The number of anilines is 2. The Morgan fingerprint density at radius 1 is 1.06 bits per heavy atom. The van der Waals surface area contributed by atoms with Crippen molar-refractivity contribution >= 4 is 57.0 Å². The second-order valence-corrected chi connectivity index (χ2v) is 9.98. The Kier molecular flexibility index (Phi) is 8.08. The molecule has 0 spiro atoms. The summed E-state index contributed by atoms with van der Waals surface area (Å²) < 4.78 is 0.949. The van der Waals surface area contributed by atoms with Crippen molar-refractivity contribution in [3.05, 3.63) is 93.8 Å². The second kappa shape index (κ2) is 11.4. The standard InChI is InChI=1S/C27H26BrN3O2S/c1-30(22-11-3-2-4-12-22)16-8-15-29-26(32)19-31-23-13-5-6-14-24(23)34-25(27(31)33)18-20-9-7-10-21(28)17-20/h2-7,9-14,17-18H,8,15-16,19H2,1H3,(H,29,32)/b25-18+. The lowest BCUT2D eigenvalue weighted by atomic mass is 10.2. The van der Waals surface area contributed by atoms with E-state index in [1.165, 1.54) is 11.8 Å². The van der Waals surface area contributed by atoms with Crippen molar-refractivity contribution < 1.29 is 9.59 Å². The number of rotatable bonds is 8. The molecule has 0 aromatic heterocycles. The summed E-state index contributed by atoms with van der Waals surface area (Å²) in [5.74, 6) is -0.332. The van der Waals surface area contributed by atoms with E-state index < -0.39 is 0 Å². The van der Waals surface area contributed by atoms with Crippen LogP contribution in [-0.2, 0) is 9.59 Å². The molecule has 2 amide bonds. The molecule has 1 heterocycles. The van der Waals surface area contributed by atoms with Gasteiger partial charge in [0.25, 0.3) is 5.91 Å². The highest BCUT2D eigenvalue weighted by Gasteiger charge is 2.30.